The molecule has 34 heavy (non-hydrogen) atoms. The van der Waals surface area contributed by atoms with Crippen LogP contribution in [0.3, 0.4) is 0 Å². The van der Waals surface area contributed by atoms with Gasteiger partial charge in [-0.05, 0) is 24.0 Å². The number of carbonyl (C=O) groups excluding carboxylic acids is 2. The zero-order valence-corrected chi connectivity index (χ0v) is 19.1. The first-order valence-electron chi connectivity index (χ1n) is 10.4. The van der Waals surface area contributed by atoms with E-state index in [1.807, 2.05) is 30.3 Å². The monoisotopic (exact) mass is 491 g/mol. The topological polar surface area (TPSA) is 174 Å². The standard InChI is InChI=1S/C22H25N3O8S/c1-11(26)24-14(9-12-5-3-2-4-6-12)18(27)23-10-15-17-13(7-8-33-15)16(21(29)30)20(34-17)25-19(28)22(31)32/h2-6,14-15,18,23,27H,7-10H2,1H3,(H,24,26)(H,25,28)(H,29,30)(H,31,32)/t14-,15?,18?/m1/s1. The van der Waals surface area contributed by atoms with Gasteiger partial charge < -0.3 is 30.7 Å². The van der Waals surface area contributed by atoms with Gasteiger partial charge in [0.1, 0.15) is 17.3 Å². The van der Waals surface area contributed by atoms with E-state index >= 15 is 0 Å². The lowest BCUT2D eigenvalue weighted by Crippen LogP contribution is -2.51. The number of carbonyl (C=O) groups is 4. The molecule has 2 amide bonds. The molecule has 12 heteroatoms. The minimum atomic E-state index is -1.73. The Kier molecular flexibility index (Phi) is 8.34. The molecular weight excluding hydrogens is 466 g/mol. The molecule has 182 valence electrons. The number of hydrogen-bond acceptors (Lipinski definition) is 8. The maximum Gasteiger partial charge on any atom is 0.394 e. The van der Waals surface area contributed by atoms with Crippen LogP contribution in [0.15, 0.2) is 30.3 Å². The van der Waals surface area contributed by atoms with Crippen molar-refractivity contribution in [3.63, 3.8) is 0 Å². The molecule has 0 spiro atoms. The zero-order valence-electron chi connectivity index (χ0n) is 18.2. The second-order valence-electron chi connectivity index (χ2n) is 7.67. The lowest BCUT2D eigenvalue weighted by Gasteiger charge is -2.28. The number of ether oxygens (including phenoxy) is 1. The van der Waals surface area contributed by atoms with E-state index in [1.54, 1.807) is 0 Å². The first-order chi connectivity index (χ1) is 16.2. The van der Waals surface area contributed by atoms with Crippen LogP contribution in [-0.4, -0.2) is 64.5 Å². The Balaban J connectivity index is 1.76. The summed E-state index contributed by atoms with van der Waals surface area (Å²) in [6.07, 6.45) is -1.13. The highest BCUT2D eigenvalue weighted by Gasteiger charge is 2.33. The highest BCUT2D eigenvalue weighted by Crippen LogP contribution is 2.41. The zero-order chi connectivity index (χ0) is 24.8. The molecule has 11 nitrogen and oxygen atoms in total. The van der Waals surface area contributed by atoms with Gasteiger partial charge in [0.15, 0.2) is 0 Å². The lowest BCUT2D eigenvalue weighted by molar-refractivity contribution is -0.147. The van der Waals surface area contributed by atoms with Gasteiger partial charge in [0.2, 0.25) is 5.91 Å². The first kappa shape index (κ1) is 25.3. The van der Waals surface area contributed by atoms with E-state index in [-0.39, 0.29) is 36.0 Å². The summed E-state index contributed by atoms with van der Waals surface area (Å²) in [5.41, 5.74) is 1.21. The molecule has 0 bridgehead atoms. The summed E-state index contributed by atoms with van der Waals surface area (Å²) in [5.74, 6) is -4.67. The quantitative estimate of drug-likeness (QED) is 0.218. The Morgan fingerprint density at radius 2 is 1.88 bits per heavy atom. The normalized spacial score (nSPS) is 16.7. The second kappa shape index (κ2) is 11.2. The number of aliphatic hydroxyl groups is 1. The van der Waals surface area contributed by atoms with E-state index in [1.165, 1.54) is 6.92 Å². The minimum absolute atomic E-state index is 0.0823. The molecule has 3 atom stereocenters. The van der Waals surface area contributed by atoms with Crippen molar-refractivity contribution >= 4 is 40.1 Å². The molecule has 1 aromatic carbocycles. The molecule has 1 aromatic heterocycles. The number of benzene rings is 1. The molecule has 0 saturated heterocycles. The Labute approximate surface area is 198 Å². The van der Waals surface area contributed by atoms with Gasteiger partial charge in [-0.1, -0.05) is 30.3 Å². The van der Waals surface area contributed by atoms with Crippen molar-refractivity contribution in [1.29, 1.82) is 0 Å². The molecule has 0 aliphatic carbocycles. The average molecular weight is 492 g/mol. The SMILES string of the molecule is CC(=O)N[C@H](Cc1ccccc1)C(O)NCC1OCCc2c1sc(NC(=O)C(=O)O)c2C(=O)O. The van der Waals surface area contributed by atoms with Crippen LogP contribution in [0.5, 0.6) is 0 Å². The maximum atomic E-state index is 11.8. The molecule has 2 aromatic rings. The summed E-state index contributed by atoms with van der Waals surface area (Å²) in [6.45, 7) is 1.65. The van der Waals surface area contributed by atoms with Crippen molar-refractivity contribution in [2.24, 2.45) is 0 Å². The molecule has 1 aliphatic heterocycles. The third-order valence-corrected chi connectivity index (χ3v) is 6.46. The number of rotatable bonds is 9. The summed E-state index contributed by atoms with van der Waals surface area (Å²) in [4.78, 5) is 46.5. The van der Waals surface area contributed by atoms with Crippen LogP contribution in [0.4, 0.5) is 5.00 Å². The second-order valence-corrected chi connectivity index (χ2v) is 8.72. The van der Waals surface area contributed by atoms with E-state index in [4.69, 9.17) is 9.84 Å². The summed E-state index contributed by atoms with van der Waals surface area (Å²) >= 11 is 0.925. The van der Waals surface area contributed by atoms with Crippen LogP contribution < -0.4 is 16.0 Å². The number of carboxylic acids is 2. The number of aromatic carboxylic acids is 1. The van der Waals surface area contributed by atoms with Gasteiger partial charge in [0.05, 0.1) is 18.2 Å². The largest absolute Gasteiger partial charge is 0.478 e. The van der Waals surface area contributed by atoms with Gasteiger partial charge in [0, 0.05) is 18.3 Å². The fourth-order valence-corrected chi connectivity index (χ4v) is 5.02. The fraction of sp³-hybridized carbons (Fsp3) is 0.364. The van der Waals surface area contributed by atoms with Gasteiger partial charge in [-0.2, -0.15) is 0 Å². The number of fused-ring (bicyclic) bond motifs is 1. The Morgan fingerprint density at radius 3 is 2.50 bits per heavy atom. The van der Waals surface area contributed by atoms with Crippen molar-refractivity contribution in [3.8, 4) is 0 Å². The van der Waals surface area contributed by atoms with Crippen molar-refractivity contribution in [2.75, 3.05) is 18.5 Å². The average Bonchev–Trinajstić information content (AvgIpc) is 3.16. The molecule has 2 heterocycles. The fourth-order valence-electron chi connectivity index (χ4n) is 3.73. The maximum absolute atomic E-state index is 11.8. The Bertz CT molecular complexity index is 1070. The van der Waals surface area contributed by atoms with E-state index in [9.17, 15) is 29.4 Å². The number of aliphatic hydroxyl groups excluding tert-OH is 1. The molecule has 1 aliphatic rings. The Morgan fingerprint density at radius 1 is 1.18 bits per heavy atom. The molecule has 6 N–H and O–H groups in total. The van der Waals surface area contributed by atoms with Crippen molar-refractivity contribution < 1.29 is 39.2 Å². The number of amides is 2. The number of aliphatic carboxylic acids is 1. The summed E-state index contributed by atoms with van der Waals surface area (Å²) in [7, 11) is 0. The van der Waals surface area contributed by atoms with Crippen LogP contribution in [-0.2, 0) is 32.0 Å². The molecule has 3 rings (SSSR count). The number of hydrogen-bond donors (Lipinski definition) is 6. The number of nitrogens with one attached hydrogen (secondary N) is 3. The molecule has 0 radical (unpaired) electrons. The smallest absolute Gasteiger partial charge is 0.394 e. The predicted octanol–water partition coefficient (Wildman–Crippen LogP) is 0.739. The van der Waals surface area contributed by atoms with E-state index in [0.717, 1.165) is 16.9 Å². The van der Waals surface area contributed by atoms with E-state index < -0.39 is 36.2 Å². The van der Waals surface area contributed by atoms with Crippen LogP contribution in [0, 0.1) is 0 Å². The third-order valence-electron chi connectivity index (χ3n) is 5.22. The molecule has 0 saturated carbocycles. The van der Waals surface area contributed by atoms with Crippen molar-refractivity contribution in [3.05, 3.63) is 51.9 Å². The van der Waals surface area contributed by atoms with Gasteiger partial charge in [-0.3, -0.25) is 14.9 Å². The van der Waals surface area contributed by atoms with Gasteiger partial charge in [0.25, 0.3) is 0 Å². The first-order valence-corrected chi connectivity index (χ1v) is 11.3. The van der Waals surface area contributed by atoms with Gasteiger partial charge in [-0.25, -0.2) is 9.59 Å². The summed E-state index contributed by atoms with van der Waals surface area (Å²) < 4.78 is 5.76. The number of anilines is 1. The summed E-state index contributed by atoms with van der Waals surface area (Å²) in [6, 6.07) is 8.70. The van der Waals surface area contributed by atoms with Gasteiger partial charge in [-0.15, -0.1) is 11.3 Å². The lowest BCUT2D eigenvalue weighted by atomic mass is 10.0. The number of carboxylic acid groups (broad SMARTS) is 2. The highest BCUT2D eigenvalue weighted by molar-refractivity contribution is 7.17. The van der Waals surface area contributed by atoms with Crippen LogP contribution in [0.2, 0.25) is 0 Å². The summed E-state index contributed by atoms with van der Waals surface area (Å²) in [5, 5.41) is 36.9. The van der Waals surface area contributed by atoms with Crippen LogP contribution in [0.25, 0.3) is 0 Å². The molecule has 2 unspecified atom stereocenters. The predicted molar refractivity (Wildman–Crippen MR) is 122 cm³/mol. The van der Waals surface area contributed by atoms with Crippen LogP contribution >= 0.6 is 11.3 Å². The minimum Gasteiger partial charge on any atom is -0.478 e. The van der Waals surface area contributed by atoms with Crippen LogP contribution in [0.1, 0.15) is 39.4 Å². The van der Waals surface area contributed by atoms with Crippen molar-refractivity contribution in [1.82, 2.24) is 10.6 Å². The van der Waals surface area contributed by atoms with Crippen molar-refractivity contribution in [2.45, 2.75) is 38.1 Å². The van der Waals surface area contributed by atoms with Gasteiger partial charge >= 0.3 is 17.8 Å². The number of thiophene rings is 1. The van der Waals surface area contributed by atoms with E-state index in [0.29, 0.717) is 16.9 Å². The van der Waals surface area contributed by atoms with E-state index in [2.05, 4.69) is 16.0 Å². The molecule has 0 fully saturated rings. The molecular formula is C22H25N3O8S. The Hall–Kier alpha value is -3.32. The third kappa shape index (κ3) is 6.17. The highest BCUT2D eigenvalue weighted by atomic mass is 32.1.